The molecule has 1 N–H and O–H groups in total. The summed E-state index contributed by atoms with van der Waals surface area (Å²) >= 11 is 0. The van der Waals surface area contributed by atoms with Crippen LogP contribution >= 0.6 is 12.4 Å². The summed E-state index contributed by atoms with van der Waals surface area (Å²) in [5, 5.41) is 19.0. The van der Waals surface area contributed by atoms with Crippen molar-refractivity contribution in [3.05, 3.63) is 33.9 Å². The summed E-state index contributed by atoms with van der Waals surface area (Å²) in [6.45, 7) is 0.117. The lowest BCUT2D eigenvalue weighted by Crippen LogP contribution is -2.02. The van der Waals surface area contributed by atoms with E-state index in [2.05, 4.69) is 0 Å². The van der Waals surface area contributed by atoms with Gasteiger partial charge >= 0.3 is 5.97 Å². The Kier molecular flexibility index (Phi) is 7.13. The van der Waals surface area contributed by atoms with Crippen LogP contribution in [0.2, 0.25) is 0 Å². The highest BCUT2D eigenvalue weighted by Crippen LogP contribution is 2.22. The van der Waals surface area contributed by atoms with Gasteiger partial charge in [-0.1, -0.05) is 0 Å². The maximum Gasteiger partial charge on any atom is 0.303 e. The molecule has 0 radical (unpaired) electrons. The highest BCUT2D eigenvalue weighted by Gasteiger charge is 2.10. The molecule has 0 atom stereocenters. The van der Waals surface area contributed by atoms with Crippen LogP contribution in [-0.4, -0.2) is 28.9 Å². The standard InChI is InChI=1S/C11H11NO6.ClH/c13-7-8-4-9(12(16)17)6-10(5-8)18-3-1-2-11(14)15;/h4-7H,1-3H2,(H,14,15);1H. The van der Waals surface area contributed by atoms with Gasteiger partial charge in [-0.3, -0.25) is 19.7 Å². The van der Waals surface area contributed by atoms with E-state index in [-0.39, 0.29) is 48.9 Å². The minimum atomic E-state index is -0.939. The Morgan fingerprint density at radius 3 is 2.63 bits per heavy atom. The predicted octanol–water partition coefficient (Wildman–Crippen LogP) is 2.07. The zero-order valence-electron chi connectivity index (χ0n) is 9.77. The van der Waals surface area contributed by atoms with Crippen molar-refractivity contribution in [2.75, 3.05) is 6.61 Å². The minimum absolute atomic E-state index is 0. The summed E-state index contributed by atoms with van der Waals surface area (Å²) in [4.78, 5) is 30.8. The number of carboxylic acid groups (broad SMARTS) is 1. The Labute approximate surface area is 114 Å². The molecular weight excluding hydrogens is 278 g/mol. The highest BCUT2D eigenvalue weighted by molar-refractivity contribution is 5.85. The van der Waals surface area contributed by atoms with E-state index >= 15 is 0 Å². The Morgan fingerprint density at radius 2 is 2.11 bits per heavy atom. The SMILES string of the molecule is Cl.O=Cc1cc(OCCCC(=O)O)cc([N+](=O)[O-])c1. The van der Waals surface area contributed by atoms with Crippen LogP contribution in [0.15, 0.2) is 18.2 Å². The zero-order chi connectivity index (χ0) is 13.5. The maximum atomic E-state index is 10.6. The molecule has 0 fully saturated rings. The number of carbonyl (C=O) groups excluding carboxylic acids is 1. The van der Waals surface area contributed by atoms with Gasteiger partial charge in [-0.2, -0.15) is 0 Å². The zero-order valence-corrected chi connectivity index (χ0v) is 10.6. The van der Waals surface area contributed by atoms with Crippen LogP contribution in [0.25, 0.3) is 0 Å². The van der Waals surface area contributed by atoms with E-state index in [1.54, 1.807) is 0 Å². The summed E-state index contributed by atoms with van der Waals surface area (Å²) in [6, 6.07) is 3.69. The third kappa shape index (κ3) is 5.82. The monoisotopic (exact) mass is 289 g/mol. The van der Waals surface area contributed by atoms with Gasteiger partial charge in [0.05, 0.1) is 17.6 Å². The van der Waals surface area contributed by atoms with Crippen LogP contribution in [0, 0.1) is 10.1 Å². The summed E-state index contributed by atoms with van der Waals surface area (Å²) in [5.74, 6) is -0.761. The number of aldehydes is 1. The molecule has 0 saturated heterocycles. The van der Waals surface area contributed by atoms with Gasteiger partial charge in [-0.05, 0) is 12.5 Å². The van der Waals surface area contributed by atoms with Crippen LogP contribution in [0.3, 0.4) is 0 Å². The van der Waals surface area contributed by atoms with Gasteiger partial charge in [0, 0.05) is 18.1 Å². The first-order valence-corrected chi connectivity index (χ1v) is 5.12. The second-order valence-corrected chi connectivity index (χ2v) is 3.48. The van der Waals surface area contributed by atoms with Crippen LogP contribution in [-0.2, 0) is 4.79 Å². The summed E-state index contributed by atoms with van der Waals surface area (Å²) < 4.78 is 5.16. The largest absolute Gasteiger partial charge is 0.493 e. The average molecular weight is 290 g/mol. The van der Waals surface area contributed by atoms with E-state index in [4.69, 9.17) is 9.84 Å². The molecule has 1 aromatic carbocycles. The van der Waals surface area contributed by atoms with Gasteiger partial charge < -0.3 is 9.84 Å². The molecule has 0 aliphatic carbocycles. The third-order valence-corrected chi connectivity index (χ3v) is 2.06. The number of halogens is 1. The number of nitro groups is 1. The fourth-order valence-corrected chi connectivity index (χ4v) is 1.28. The normalized spacial score (nSPS) is 9.26. The molecule has 0 aromatic heterocycles. The molecule has 104 valence electrons. The lowest BCUT2D eigenvalue weighted by molar-refractivity contribution is -0.385. The molecule has 8 heteroatoms. The Morgan fingerprint density at radius 1 is 1.42 bits per heavy atom. The number of non-ortho nitro benzene ring substituents is 1. The average Bonchev–Trinajstić information content (AvgIpc) is 2.34. The molecule has 0 heterocycles. The minimum Gasteiger partial charge on any atom is -0.493 e. The van der Waals surface area contributed by atoms with Gasteiger partial charge in [-0.25, -0.2) is 0 Å². The lowest BCUT2D eigenvalue weighted by atomic mass is 10.2. The molecule has 19 heavy (non-hydrogen) atoms. The summed E-state index contributed by atoms with van der Waals surface area (Å²) in [5.41, 5.74) is -0.106. The first-order valence-electron chi connectivity index (χ1n) is 5.12. The summed E-state index contributed by atoms with van der Waals surface area (Å²) in [7, 11) is 0. The smallest absolute Gasteiger partial charge is 0.303 e. The van der Waals surface area contributed by atoms with Crippen molar-refractivity contribution in [2.24, 2.45) is 0 Å². The van der Waals surface area contributed by atoms with E-state index in [9.17, 15) is 19.7 Å². The maximum absolute atomic E-state index is 10.6. The summed E-state index contributed by atoms with van der Waals surface area (Å²) in [6.07, 6.45) is 0.723. The highest BCUT2D eigenvalue weighted by atomic mass is 35.5. The third-order valence-electron chi connectivity index (χ3n) is 2.06. The van der Waals surface area contributed by atoms with E-state index in [0.717, 1.165) is 6.07 Å². The number of hydrogen-bond acceptors (Lipinski definition) is 5. The number of ether oxygens (including phenoxy) is 1. The fraction of sp³-hybridized carbons (Fsp3) is 0.273. The Bertz CT molecular complexity index is 476. The number of nitrogens with zero attached hydrogens (tertiary/aromatic N) is 1. The molecule has 0 spiro atoms. The van der Waals surface area contributed by atoms with Crippen LogP contribution in [0.5, 0.6) is 5.75 Å². The van der Waals surface area contributed by atoms with Crippen molar-refractivity contribution in [2.45, 2.75) is 12.8 Å². The van der Waals surface area contributed by atoms with Gasteiger partial charge in [0.1, 0.15) is 12.0 Å². The van der Waals surface area contributed by atoms with Crippen LogP contribution in [0.4, 0.5) is 5.69 Å². The fourth-order valence-electron chi connectivity index (χ4n) is 1.28. The number of nitro benzene ring substituents is 1. The van der Waals surface area contributed by atoms with Crippen molar-refractivity contribution in [1.29, 1.82) is 0 Å². The van der Waals surface area contributed by atoms with E-state index < -0.39 is 10.9 Å². The predicted molar refractivity (Wildman–Crippen MR) is 68.1 cm³/mol. The van der Waals surface area contributed by atoms with Crippen molar-refractivity contribution < 1.29 is 24.4 Å². The Hall–Kier alpha value is -2.15. The van der Waals surface area contributed by atoms with Crippen molar-refractivity contribution in [3.8, 4) is 5.75 Å². The first kappa shape index (κ1) is 16.9. The molecule has 0 amide bonds. The van der Waals surface area contributed by atoms with Crippen LogP contribution < -0.4 is 4.74 Å². The quantitative estimate of drug-likeness (QED) is 0.356. The molecule has 0 saturated carbocycles. The second-order valence-electron chi connectivity index (χ2n) is 3.48. The number of aliphatic carboxylic acids is 1. The Balaban J connectivity index is 0.00000324. The second kappa shape index (κ2) is 8.04. The van der Waals surface area contributed by atoms with Gasteiger partial charge in [-0.15, -0.1) is 12.4 Å². The van der Waals surface area contributed by atoms with Gasteiger partial charge in [0.25, 0.3) is 5.69 Å². The molecule has 0 bridgehead atoms. The number of hydrogen-bond donors (Lipinski definition) is 1. The lowest BCUT2D eigenvalue weighted by Gasteiger charge is -2.05. The van der Waals surface area contributed by atoms with Gasteiger partial charge in [0.15, 0.2) is 0 Å². The van der Waals surface area contributed by atoms with E-state index in [1.165, 1.54) is 12.1 Å². The van der Waals surface area contributed by atoms with E-state index in [0.29, 0.717) is 6.29 Å². The van der Waals surface area contributed by atoms with Crippen molar-refractivity contribution >= 4 is 30.3 Å². The number of carbonyl (C=O) groups is 2. The molecule has 7 nitrogen and oxygen atoms in total. The van der Waals surface area contributed by atoms with Gasteiger partial charge in [0.2, 0.25) is 0 Å². The molecular formula is C11H12ClNO6. The molecule has 0 aliphatic heterocycles. The first-order chi connectivity index (χ1) is 8.52. The molecule has 1 aromatic rings. The molecule has 0 unspecified atom stereocenters. The van der Waals surface area contributed by atoms with Crippen LogP contribution in [0.1, 0.15) is 23.2 Å². The molecule has 0 aliphatic rings. The van der Waals surface area contributed by atoms with Crippen molar-refractivity contribution in [1.82, 2.24) is 0 Å². The number of benzene rings is 1. The van der Waals surface area contributed by atoms with Crippen molar-refractivity contribution in [3.63, 3.8) is 0 Å². The number of carboxylic acids is 1. The molecule has 1 rings (SSSR count). The topological polar surface area (TPSA) is 107 Å². The number of rotatable bonds is 7. The van der Waals surface area contributed by atoms with E-state index in [1.807, 2.05) is 0 Å².